The summed E-state index contributed by atoms with van der Waals surface area (Å²) in [6, 6.07) is 14.3. The zero-order valence-electron chi connectivity index (χ0n) is 16.5. The first-order valence-corrected chi connectivity index (χ1v) is 10.9. The summed E-state index contributed by atoms with van der Waals surface area (Å²) in [4.78, 5) is 23.7. The number of carbonyl (C=O) groups excluding carboxylic acids is 2. The normalized spacial score (nSPS) is 14.7. The maximum atomic E-state index is 12.0. The minimum Gasteiger partial charge on any atom is -0.385 e. The standard InChI is InChI=1S/C21H25NO6S/c1-14(23)19(24)18-10-8-17(9-11-18)16-6-4-15(5-7-16)12-13-21(2,20(25)22-26)29(3,27)28/h4-11,14,23,26H,12-13H2,1-3H3,(H,22,25). The molecule has 0 fully saturated rings. The third-order valence-corrected chi connectivity index (χ3v) is 7.15. The Morgan fingerprint density at radius 2 is 1.52 bits per heavy atom. The lowest BCUT2D eigenvalue weighted by Gasteiger charge is -2.25. The van der Waals surface area contributed by atoms with E-state index in [1.807, 2.05) is 24.3 Å². The van der Waals surface area contributed by atoms with Gasteiger partial charge in [0.25, 0.3) is 5.91 Å². The molecule has 0 aliphatic carbocycles. The van der Waals surface area contributed by atoms with E-state index in [2.05, 4.69) is 0 Å². The number of rotatable bonds is 8. The van der Waals surface area contributed by atoms with Gasteiger partial charge in [-0.25, -0.2) is 13.9 Å². The Labute approximate surface area is 170 Å². The maximum Gasteiger partial charge on any atom is 0.264 e. The molecule has 0 saturated heterocycles. The van der Waals surface area contributed by atoms with Crippen LogP contribution in [0.5, 0.6) is 0 Å². The van der Waals surface area contributed by atoms with Crippen LogP contribution in [-0.4, -0.2) is 47.5 Å². The highest BCUT2D eigenvalue weighted by atomic mass is 32.2. The van der Waals surface area contributed by atoms with Crippen LogP contribution in [0.15, 0.2) is 48.5 Å². The van der Waals surface area contributed by atoms with Gasteiger partial charge in [0.05, 0.1) is 0 Å². The monoisotopic (exact) mass is 419 g/mol. The van der Waals surface area contributed by atoms with E-state index in [0.717, 1.165) is 22.9 Å². The van der Waals surface area contributed by atoms with Gasteiger partial charge in [0.1, 0.15) is 10.9 Å². The van der Waals surface area contributed by atoms with Crippen LogP contribution in [0.3, 0.4) is 0 Å². The summed E-state index contributed by atoms with van der Waals surface area (Å²) in [7, 11) is -3.73. The third kappa shape index (κ3) is 5.09. The second-order valence-electron chi connectivity index (χ2n) is 7.26. The number of amides is 1. The SMILES string of the molecule is CC(O)C(=O)c1ccc(-c2ccc(CCC(C)(C(=O)NO)S(C)(=O)=O)cc2)cc1. The summed E-state index contributed by atoms with van der Waals surface area (Å²) in [5.74, 6) is -1.30. The molecule has 1 amide bonds. The number of aliphatic hydroxyl groups excluding tert-OH is 1. The number of Topliss-reactive ketones (excluding diaryl/α,β-unsaturated/α-hetero) is 1. The molecule has 0 saturated carbocycles. The molecule has 7 nitrogen and oxygen atoms in total. The van der Waals surface area contributed by atoms with Crippen LogP contribution >= 0.6 is 0 Å². The number of hydroxylamine groups is 1. The Morgan fingerprint density at radius 1 is 1.03 bits per heavy atom. The van der Waals surface area contributed by atoms with Crippen molar-refractivity contribution in [2.24, 2.45) is 0 Å². The minimum absolute atomic E-state index is 0.0216. The van der Waals surface area contributed by atoms with E-state index in [0.29, 0.717) is 12.0 Å². The van der Waals surface area contributed by atoms with Crippen molar-refractivity contribution >= 4 is 21.5 Å². The van der Waals surface area contributed by atoms with E-state index in [1.54, 1.807) is 24.3 Å². The summed E-state index contributed by atoms with van der Waals surface area (Å²) in [6.07, 6.45) is 0.273. The highest BCUT2D eigenvalue weighted by Gasteiger charge is 2.43. The molecule has 8 heteroatoms. The zero-order valence-corrected chi connectivity index (χ0v) is 17.4. The highest BCUT2D eigenvalue weighted by Crippen LogP contribution is 2.25. The molecule has 2 rings (SSSR count). The number of ketones is 1. The van der Waals surface area contributed by atoms with Crippen molar-refractivity contribution in [3.63, 3.8) is 0 Å². The molecule has 0 aromatic heterocycles. The number of carbonyl (C=O) groups is 2. The molecule has 3 N–H and O–H groups in total. The van der Waals surface area contributed by atoms with Crippen molar-refractivity contribution in [2.75, 3.05) is 6.26 Å². The van der Waals surface area contributed by atoms with Crippen molar-refractivity contribution in [3.05, 3.63) is 59.7 Å². The van der Waals surface area contributed by atoms with Gasteiger partial charge in [0.15, 0.2) is 15.6 Å². The Kier molecular flexibility index (Phi) is 6.94. The average Bonchev–Trinajstić information content (AvgIpc) is 2.70. The fourth-order valence-corrected chi connectivity index (χ4v) is 3.76. The average molecular weight is 419 g/mol. The van der Waals surface area contributed by atoms with E-state index in [1.165, 1.54) is 19.3 Å². The third-order valence-electron chi connectivity index (χ3n) is 5.13. The lowest BCUT2D eigenvalue weighted by Crippen LogP contribution is -2.49. The second kappa shape index (κ2) is 8.86. The lowest BCUT2D eigenvalue weighted by atomic mass is 9.97. The van der Waals surface area contributed by atoms with Gasteiger partial charge in [0, 0.05) is 11.8 Å². The van der Waals surface area contributed by atoms with Crippen LogP contribution in [0.2, 0.25) is 0 Å². The number of sulfone groups is 1. The number of benzene rings is 2. The van der Waals surface area contributed by atoms with Gasteiger partial charge < -0.3 is 5.11 Å². The molecule has 29 heavy (non-hydrogen) atoms. The van der Waals surface area contributed by atoms with Gasteiger partial charge in [-0.1, -0.05) is 48.5 Å². The number of nitrogens with one attached hydrogen (secondary N) is 1. The van der Waals surface area contributed by atoms with E-state index < -0.39 is 26.6 Å². The van der Waals surface area contributed by atoms with Crippen LogP contribution < -0.4 is 5.48 Å². The molecule has 0 aliphatic heterocycles. The summed E-state index contributed by atoms with van der Waals surface area (Å²) in [5, 5.41) is 18.3. The largest absolute Gasteiger partial charge is 0.385 e. The summed E-state index contributed by atoms with van der Waals surface area (Å²) in [6.45, 7) is 2.71. The van der Waals surface area contributed by atoms with Crippen LogP contribution in [0.1, 0.15) is 36.2 Å². The Bertz CT molecular complexity index is 981. The van der Waals surface area contributed by atoms with Gasteiger partial charge in [-0.15, -0.1) is 0 Å². The van der Waals surface area contributed by atoms with Gasteiger partial charge in [-0.05, 0) is 43.4 Å². The molecule has 2 aromatic carbocycles. The molecule has 2 aromatic rings. The highest BCUT2D eigenvalue weighted by molar-refractivity contribution is 7.92. The van der Waals surface area contributed by atoms with Crippen molar-refractivity contribution in [3.8, 4) is 11.1 Å². The van der Waals surface area contributed by atoms with Crippen LogP contribution in [-0.2, 0) is 21.1 Å². The Morgan fingerprint density at radius 3 is 1.93 bits per heavy atom. The summed E-state index contributed by atoms with van der Waals surface area (Å²) in [5.41, 5.74) is 4.51. The quantitative estimate of drug-likeness (QED) is 0.343. The molecular formula is C21H25NO6S. The smallest absolute Gasteiger partial charge is 0.264 e. The topological polar surface area (TPSA) is 121 Å². The molecule has 2 unspecified atom stereocenters. The number of aliphatic hydroxyl groups is 1. The van der Waals surface area contributed by atoms with Crippen LogP contribution in [0.4, 0.5) is 0 Å². The van der Waals surface area contributed by atoms with E-state index in [4.69, 9.17) is 5.21 Å². The van der Waals surface area contributed by atoms with E-state index in [9.17, 15) is 23.1 Å². The zero-order chi connectivity index (χ0) is 21.8. The van der Waals surface area contributed by atoms with E-state index >= 15 is 0 Å². The van der Waals surface area contributed by atoms with Gasteiger partial charge in [-0.2, -0.15) is 0 Å². The first-order valence-electron chi connectivity index (χ1n) is 9.05. The second-order valence-corrected chi connectivity index (χ2v) is 9.70. The van der Waals surface area contributed by atoms with Crippen molar-refractivity contribution in [1.82, 2.24) is 5.48 Å². The summed E-state index contributed by atoms with van der Waals surface area (Å²) < 4.78 is 22.3. The predicted octanol–water partition coefficient (Wildman–Crippen LogP) is 2.16. The maximum absolute atomic E-state index is 12.0. The van der Waals surface area contributed by atoms with Gasteiger partial charge in [0.2, 0.25) is 0 Å². The first-order chi connectivity index (χ1) is 13.5. The Hall–Kier alpha value is -2.55. The first kappa shape index (κ1) is 22.7. The van der Waals surface area contributed by atoms with Crippen LogP contribution in [0, 0.1) is 0 Å². The van der Waals surface area contributed by atoms with Crippen molar-refractivity contribution in [2.45, 2.75) is 37.5 Å². The van der Waals surface area contributed by atoms with Gasteiger partial charge in [-0.3, -0.25) is 14.8 Å². The molecular weight excluding hydrogens is 394 g/mol. The molecule has 156 valence electrons. The van der Waals surface area contributed by atoms with E-state index in [-0.39, 0.29) is 12.2 Å². The predicted molar refractivity (Wildman–Crippen MR) is 109 cm³/mol. The summed E-state index contributed by atoms with van der Waals surface area (Å²) >= 11 is 0. The molecule has 2 atom stereocenters. The van der Waals surface area contributed by atoms with Gasteiger partial charge >= 0.3 is 0 Å². The fraction of sp³-hybridized carbons (Fsp3) is 0.333. The number of aryl methyl sites for hydroxylation is 1. The lowest BCUT2D eigenvalue weighted by molar-refractivity contribution is -0.131. The molecule has 0 radical (unpaired) electrons. The fourth-order valence-electron chi connectivity index (χ4n) is 2.90. The molecule has 0 bridgehead atoms. The minimum atomic E-state index is -3.73. The van der Waals surface area contributed by atoms with Crippen LogP contribution in [0.25, 0.3) is 11.1 Å². The van der Waals surface area contributed by atoms with Crippen molar-refractivity contribution < 1.29 is 28.3 Å². The molecule has 0 aliphatic rings. The number of hydrogen-bond acceptors (Lipinski definition) is 6. The number of hydrogen-bond donors (Lipinski definition) is 3. The molecule has 0 heterocycles. The van der Waals surface area contributed by atoms with Crippen molar-refractivity contribution in [1.29, 1.82) is 0 Å². The Balaban J connectivity index is 2.14. The molecule has 0 spiro atoms.